The molecule has 1 atom stereocenters. The molecule has 18 heavy (non-hydrogen) atoms. The second-order valence-corrected chi connectivity index (χ2v) is 4.92. The summed E-state index contributed by atoms with van der Waals surface area (Å²) < 4.78 is 0. The molecule has 6 heteroatoms. The lowest BCUT2D eigenvalue weighted by Crippen LogP contribution is -2.50. The number of anilines is 1. The third kappa shape index (κ3) is 1.92. The zero-order valence-electron chi connectivity index (χ0n) is 10.3. The normalized spacial score (nSPS) is 24.0. The Balaban J connectivity index is 1.85. The van der Waals surface area contributed by atoms with Crippen LogP contribution in [-0.2, 0) is 0 Å². The van der Waals surface area contributed by atoms with E-state index in [1.165, 1.54) is 19.4 Å². The van der Waals surface area contributed by atoms with Crippen molar-refractivity contribution in [3.63, 3.8) is 0 Å². The number of nitrogens with one attached hydrogen (secondary N) is 1. The maximum absolute atomic E-state index is 7.58. The van der Waals surface area contributed by atoms with E-state index in [0.29, 0.717) is 11.7 Å². The monoisotopic (exact) mass is 246 g/mol. The summed E-state index contributed by atoms with van der Waals surface area (Å²) in [6.45, 7) is 4.20. The third-order valence-electron chi connectivity index (χ3n) is 3.82. The molecule has 2 aliphatic rings. The van der Waals surface area contributed by atoms with Gasteiger partial charge >= 0.3 is 0 Å². The molecule has 0 aliphatic carbocycles. The van der Waals surface area contributed by atoms with E-state index in [1.807, 2.05) is 0 Å². The predicted molar refractivity (Wildman–Crippen MR) is 69.9 cm³/mol. The van der Waals surface area contributed by atoms with Gasteiger partial charge in [-0.1, -0.05) is 0 Å². The summed E-state index contributed by atoms with van der Waals surface area (Å²) in [6, 6.07) is 0.626. The van der Waals surface area contributed by atoms with Crippen molar-refractivity contribution in [3.8, 4) is 0 Å². The van der Waals surface area contributed by atoms with E-state index in [0.717, 1.165) is 25.5 Å². The van der Waals surface area contributed by atoms with Crippen LogP contribution in [0.2, 0.25) is 0 Å². The third-order valence-corrected chi connectivity index (χ3v) is 3.82. The van der Waals surface area contributed by atoms with Crippen LogP contribution in [0.1, 0.15) is 18.5 Å². The summed E-state index contributed by atoms with van der Waals surface area (Å²) >= 11 is 0. The lowest BCUT2D eigenvalue weighted by Gasteiger charge is -2.38. The molecule has 0 saturated carbocycles. The zero-order valence-corrected chi connectivity index (χ0v) is 10.3. The molecule has 3 heterocycles. The maximum Gasteiger partial charge on any atom is 0.158 e. The molecule has 2 saturated heterocycles. The van der Waals surface area contributed by atoms with Crippen molar-refractivity contribution in [2.45, 2.75) is 18.9 Å². The van der Waals surface area contributed by atoms with Gasteiger partial charge in [0.1, 0.15) is 11.5 Å². The smallest absolute Gasteiger partial charge is 0.158 e. The average molecular weight is 246 g/mol. The summed E-state index contributed by atoms with van der Waals surface area (Å²) in [7, 11) is 0. The fourth-order valence-corrected chi connectivity index (χ4v) is 2.94. The summed E-state index contributed by atoms with van der Waals surface area (Å²) in [4.78, 5) is 13.3. The first-order valence-electron chi connectivity index (χ1n) is 6.40. The van der Waals surface area contributed by atoms with E-state index in [2.05, 4.69) is 19.8 Å². The molecule has 6 nitrogen and oxygen atoms in total. The van der Waals surface area contributed by atoms with E-state index in [4.69, 9.17) is 11.1 Å². The van der Waals surface area contributed by atoms with Crippen LogP contribution in [0.15, 0.2) is 12.4 Å². The number of hydrogen-bond acceptors (Lipinski definition) is 5. The highest BCUT2D eigenvalue weighted by Crippen LogP contribution is 2.25. The van der Waals surface area contributed by atoms with Crippen molar-refractivity contribution in [2.24, 2.45) is 5.73 Å². The summed E-state index contributed by atoms with van der Waals surface area (Å²) in [6.07, 6.45) is 5.81. The number of aromatic nitrogens is 2. The van der Waals surface area contributed by atoms with E-state index in [-0.39, 0.29) is 5.84 Å². The van der Waals surface area contributed by atoms with Crippen molar-refractivity contribution in [3.05, 3.63) is 18.1 Å². The number of nitrogen functional groups attached to an aromatic ring is 1. The van der Waals surface area contributed by atoms with E-state index < -0.39 is 0 Å². The second-order valence-electron chi connectivity index (χ2n) is 4.92. The molecule has 1 aromatic heterocycles. The molecular weight excluding hydrogens is 228 g/mol. The molecule has 0 aromatic carbocycles. The fourth-order valence-electron chi connectivity index (χ4n) is 2.94. The summed E-state index contributed by atoms with van der Waals surface area (Å²) in [5.74, 6) is 0.753. The van der Waals surface area contributed by atoms with Crippen molar-refractivity contribution >= 4 is 11.7 Å². The minimum absolute atomic E-state index is 0.00745. The maximum atomic E-state index is 7.58. The Bertz CT molecular complexity index is 460. The first-order chi connectivity index (χ1) is 8.75. The van der Waals surface area contributed by atoms with Crippen LogP contribution < -0.4 is 10.6 Å². The van der Waals surface area contributed by atoms with Gasteiger partial charge in [0.25, 0.3) is 0 Å². The number of fused-ring (bicyclic) bond motifs is 1. The first-order valence-corrected chi connectivity index (χ1v) is 6.40. The molecule has 3 rings (SSSR count). The van der Waals surface area contributed by atoms with Crippen molar-refractivity contribution in [2.75, 3.05) is 31.1 Å². The first kappa shape index (κ1) is 11.4. The van der Waals surface area contributed by atoms with Crippen LogP contribution in [0.5, 0.6) is 0 Å². The topological polar surface area (TPSA) is 82.1 Å². The molecule has 1 unspecified atom stereocenters. The second kappa shape index (κ2) is 4.53. The number of piperazine rings is 1. The van der Waals surface area contributed by atoms with E-state index >= 15 is 0 Å². The standard InChI is InChI=1S/C12H18N6/c13-11(14)10-12(16-4-3-15-10)18-7-6-17-5-1-2-9(17)8-18/h3-4,9H,1-2,5-8H2,(H3,13,14). The van der Waals surface area contributed by atoms with Gasteiger partial charge in [0.15, 0.2) is 5.82 Å². The highest BCUT2D eigenvalue weighted by atomic mass is 15.3. The molecular formula is C12H18N6. The Morgan fingerprint density at radius 1 is 1.28 bits per heavy atom. The largest absolute Gasteiger partial charge is 0.382 e. The fraction of sp³-hybridized carbons (Fsp3) is 0.583. The molecule has 2 aliphatic heterocycles. The van der Waals surface area contributed by atoms with Crippen LogP contribution in [-0.4, -0.2) is 52.9 Å². The Morgan fingerprint density at radius 2 is 2.11 bits per heavy atom. The Hall–Kier alpha value is -1.69. The number of nitrogens with zero attached hydrogens (tertiary/aromatic N) is 4. The van der Waals surface area contributed by atoms with E-state index in [1.54, 1.807) is 12.4 Å². The Labute approximate surface area is 106 Å². The van der Waals surface area contributed by atoms with Crippen LogP contribution in [0.4, 0.5) is 5.82 Å². The predicted octanol–water partition coefficient (Wildman–Crippen LogP) is 0.0451. The average Bonchev–Trinajstić information content (AvgIpc) is 2.85. The van der Waals surface area contributed by atoms with Gasteiger partial charge in [-0.15, -0.1) is 0 Å². The summed E-state index contributed by atoms with van der Waals surface area (Å²) in [5, 5.41) is 7.58. The Kier molecular flexibility index (Phi) is 2.87. The van der Waals surface area contributed by atoms with Gasteiger partial charge in [0.2, 0.25) is 0 Å². The van der Waals surface area contributed by atoms with Crippen molar-refractivity contribution in [1.82, 2.24) is 14.9 Å². The number of hydrogen-bond donors (Lipinski definition) is 2. The van der Waals surface area contributed by atoms with Gasteiger partial charge in [-0.05, 0) is 19.4 Å². The molecule has 0 radical (unpaired) electrons. The number of rotatable bonds is 2. The number of amidine groups is 1. The minimum Gasteiger partial charge on any atom is -0.382 e. The van der Waals surface area contributed by atoms with Gasteiger partial charge in [0, 0.05) is 38.1 Å². The van der Waals surface area contributed by atoms with Gasteiger partial charge < -0.3 is 10.6 Å². The van der Waals surface area contributed by atoms with Crippen molar-refractivity contribution < 1.29 is 0 Å². The summed E-state index contributed by atoms with van der Waals surface area (Å²) in [5.41, 5.74) is 6.08. The number of nitrogens with two attached hydrogens (primary N) is 1. The lowest BCUT2D eigenvalue weighted by atomic mass is 10.1. The van der Waals surface area contributed by atoms with Gasteiger partial charge in [-0.3, -0.25) is 10.3 Å². The molecule has 0 spiro atoms. The van der Waals surface area contributed by atoms with E-state index in [9.17, 15) is 0 Å². The highest BCUT2D eigenvalue weighted by molar-refractivity contribution is 5.97. The van der Waals surface area contributed by atoms with Crippen LogP contribution >= 0.6 is 0 Å². The molecule has 96 valence electrons. The molecule has 1 aromatic rings. The van der Waals surface area contributed by atoms with Crippen LogP contribution in [0, 0.1) is 5.41 Å². The molecule has 0 amide bonds. The Morgan fingerprint density at radius 3 is 2.94 bits per heavy atom. The van der Waals surface area contributed by atoms with Crippen LogP contribution in [0.25, 0.3) is 0 Å². The molecule has 2 fully saturated rings. The van der Waals surface area contributed by atoms with Crippen LogP contribution in [0.3, 0.4) is 0 Å². The quantitative estimate of drug-likeness (QED) is 0.569. The SMILES string of the molecule is N=C(N)c1nccnc1N1CCN2CCCC2C1. The van der Waals surface area contributed by atoms with Gasteiger partial charge in [0.05, 0.1) is 0 Å². The minimum atomic E-state index is -0.00745. The van der Waals surface area contributed by atoms with Crippen molar-refractivity contribution in [1.29, 1.82) is 5.41 Å². The molecule has 3 N–H and O–H groups in total. The van der Waals surface area contributed by atoms with Gasteiger partial charge in [-0.2, -0.15) is 0 Å². The van der Waals surface area contributed by atoms with Gasteiger partial charge in [-0.25, -0.2) is 9.97 Å². The lowest BCUT2D eigenvalue weighted by molar-refractivity contribution is 0.230. The molecule has 0 bridgehead atoms. The zero-order chi connectivity index (χ0) is 12.5. The highest BCUT2D eigenvalue weighted by Gasteiger charge is 2.32.